The van der Waals surface area contributed by atoms with Crippen LogP contribution in [0.5, 0.6) is 5.75 Å². The average molecular weight is 297 g/mol. The topological polar surface area (TPSA) is 45.0 Å². The number of nitrogens with zero attached hydrogens (tertiary/aromatic N) is 1. The second-order valence-corrected chi connectivity index (χ2v) is 4.66. The van der Waals surface area contributed by atoms with E-state index in [4.69, 9.17) is 10.00 Å². The molecule has 0 aliphatic heterocycles. The molecule has 0 bridgehead atoms. The fourth-order valence-corrected chi connectivity index (χ4v) is 1.93. The number of ether oxygens (including phenoxy) is 1. The Labute approximate surface area is 111 Å². The maximum absolute atomic E-state index is 8.68. The van der Waals surface area contributed by atoms with Gasteiger partial charge in [-0.05, 0) is 30.2 Å². The van der Waals surface area contributed by atoms with Crippen LogP contribution in [0.2, 0.25) is 0 Å². The number of nitriles is 1. The van der Waals surface area contributed by atoms with E-state index >= 15 is 0 Å². The smallest absolute Gasteiger partial charge is 0.119 e. The number of nitrogens with one attached hydrogen (secondary N) is 1. The lowest BCUT2D eigenvalue weighted by Crippen LogP contribution is -2.27. The van der Waals surface area contributed by atoms with Gasteiger partial charge in [-0.15, -0.1) is 0 Å². The number of benzene rings is 1. The summed E-state index contributed by atoms with van der Waals surface area (Å²) < 4.78 is 6.24. The molecular formula is C13H17BrN2O. The molecule has 3 nitrogen and oxygen atoms in total. The van der Waals surface area contributed by atoms with Crippen molar-refractivity contribution in [3.63, 3.8) is 0 Å². The molecule has 0 fully saturated rings. The highest BCUT2D eigenvalue weighted by molar-refractivity contribution is 9.10. The van der Waals surface area contributed by atoms with Crippen LogP contribution in [0.4, 0.5) is 0 Å². The van der Waals surface area contributed by atoms with Crippen LogP contribution in [0.25, 0.3) is 0 Å². The normalized spacial score (nSPS) is 11.9. The van der Waals surface area contributed by atoms with E-state index in [1.165, 1.54) is 0 Å². The summed E-state index contributed by atoms with van der Waals surface area (Å²) in [5, 5.41) is 12.1. The summed E-state index contributed by atoms with van der Waals surface area (Å²) >= 11 is 3.51. The van der Waals surface area contributed by atoms with E-state index in [0.717, 1.165) is 28.8 Å². The molecule has 1 unspecified atom stereocenters. The van der Waals surface area contributed by atoms with Gasteiger partial charge in [-0.3, -0.25) is 0 Å². The van der Waals surface area contributed by atoms with Crippen molar-refractivity contribution in [1.29, 1.82) is 5.26 Å². The molecule has 0 aromatic heterocycles. The number of halogens is 1. The third kappa shape index (κ3) is 4.37. The summed E-state index contributed by atoms with van der Waals surface area (Å²) in [5.41, 5.74) is 1.14. The molecule has 4 heteroatoms. The summed E-state index contributed by atoms with van der Waals surface area (Å²) in [4.78, 5) is 0. The lowest BCUT2D eigenvalue weighted by Gasteiger charge is -2.14. The molecular weight excluding hydrogens is 280 g/mol. The SMILES string of the molecule is CCC(CC#N)NCc1cc(OC)ccc1Br. The van der Waals surface area contributed by atoms with E-state index in [1.54, 1.807) is 7.11 Å². The molecule has 1 aromatic carbocycles. The predicted molar refractivity (Wildman–Crippen MR) is 71.8 cm³/mol. The van der Waals surface area contributed by atoms with Gasteiger partial charge >= 0.3 is 0 Å². The van der Waals surface area contributed by atoms with Crippen molar-refractivity contribution in [1.82, 2.24) is 5.32 Å². The molecule has 0 saturated heterocycles. The highest BCUT2D eigenvalue weighted by Gasteiger charge is 2.07. The molecule has 1 rings (SSSR count). The molecule has 0 aliphatic rings. The van der Waals surface area contributed by atoms with Crippen molar-refractivity contribution in [3.8, 4) is 11.8 Å². The third-order valence-electron chi connectivity index (χ3n) is 2.66. The maximum Gasteiger partial charge on any atom is 0.119 e. The van der Waals surface area contributed by atoms with Crippen LogP contribution in [-0.4, -0.2) is 13.2 Å². The lowest BCUT2D eigenvalue weighted by molar-refractivity contribution is 0.413. The fraction of sp³-hybridized carbons (Fsp3) is 0.462. The zero-order valence-electron chi connectivity index (χ0n) is 10.2. The van der Waals surface area contributed by atoms with E-state index in [0.29, 0.717) is 6.42 Å². The first-order chi connectivity index (χ1) is 8.21. The van der Waals surface area contributed by atoms with Gasteiger partial charge in [-0.1, -0.05) is 22.9 Å². The minimum Gasteiger partial charge on any atom is -0.497 e. The minimum absolute atomic E-state index is 0.248. The van der Waals surface area contributed by atoms with Crippen LogP contribution in [-0.2, 0) is 6.54 Å². The molecule has 1 aromatic rings. The van der Waals surface area contributed by atoms with Gasteiger partial charge in [0.05, 0.1) is 19.6 Å². The minimum atomic E-state index is 0.248. The Bertz CT molecular complexity index is 401. The van der Waals surface area contributed by atoms with Crippen LogP contribution in [0.1, 0.15) is 25.3 Å². The van der Waals surface area contributed by atoms with Crippen molar-refractivity contribution in [2.45, 2.75) is 32.4 Å². The summed E-state index contributed by atoms with van der Waals surface area (Å²) in [7, 11) is 1.66. The van der Waals surface area contributed by atoms with Crippen molar-refractivity contribution >= 4 is 15.9 Å². The quantitative estimate of drug-likeness (QED) is 0.876. The van der Waals surface area contributed by atoms with E-state index < -0.39 is 0 Å². The molecule has 1 atom stereocenters. The molecule has 17 heavy (non-hydrogen) atoms. The van der Waals surface area contributed by atoms with Gasteiger partial charge in [0, 0.05) is 17.1 Å². The second-order valence-electron chi connectivity index (χ2n) is 3.81. The standard InChI is InChI=1S/C13H17BrN2O/c1-3-11(6-7-15)16-9-10-8-12(17-2)4-5-13(10)14/h4-5,8,11,16H,3,6,9H2,1-2H3. The van der Waals surface area contributed by atoms with Crippen molar-refractivity contribution in [2.75, 3.05) is 7.11 Å². The zero-order valence-corrected chi connectivity index (χ0v) is 11.8. The molecule has 0 spiro atoms. The number of methoxy groups -OCH3 is 1. The fourth-order valence-electron chi connectivity index (χ4n) is 1.54. The Balaban J connectivity index is 2.64. The zero-order chi connectivity index (χ0) is 12.7. The van der Waals surface area contributed by atoms with E-state index in [-0.39, 0.29) is 6.04 Å². The number of hydrogen-bond donors (Lipinski definition) is 1. The van der Waals surface area contributed by atoms with Gasteiger partial charge in [0.15, 0.2) is 0 Å². The summed E-state index contributed by atoms with van der Waals surface area (Å²) in [5.74, 6) is 0.846. The Morgan fingerprint density at radius 3 is 2.88 bits per heavy atom. The highest BCUT2D eigenvalue weighted by atomic mass is 79.9. The molecule has 92 valence electrons. The highest BCUT2D eigenvalue weighted by Crippen LogP contribution is 2.22. The van der Waals surface area contributed by atoms with Crippen molar-refractivity contribution in [3.05, 3.63) is 28.2 Å². The van der Waals surface area contributed by atoms with E-state index in [9.17, 15) is 0 Å². The Hall–Kier alpha value is -1.05. The van der Waals surface area contributed by atoms with Gasteiger partial charge in [0.25, 0.3) is 0 Å². The summed E-state index contributed by atoms with van der Waals surface area (Å²) in [6, 6.07) is 8.33. The molecule has 0 aliphatic carbocycles. The Morgan fingerprint density at radius 2 is 2.29 bits per heavy atom. The Kier molecular flexibility index (Phi) is 6.03. The van der Waals surface area contributed by atoms with Crippen LogP contribution < -0.4 is 10.1 Å². The maximum atomic E-state index is 8.68. The predicted octanol–water partition coefficient (Wildman–Crippen LogP) is 3.24. The van der Waals surface area contributed by atoms with Crippen molar-refractivity contribution in [2.24, 2.45) is 0 Å². The van der Waals surface area contributed by atoms with Gasteiger partial charge < -0.3 is 10.1 Å². The van der Waals surface area contributed by atoms with Crippen LogP contribution in [0.15, 0.2) is 22.7 Å². The van der Waals surface area contributed by atoms with Crippen LogP contribution in [0.3, 0.4) is 0 Å². The van der Waals surface area contributed by atoms with E-state index in [2.05, 4.69) is 34.2 Å². The molecule has 1 N–H and O–H groups in total. The van der Waals surface area contributed by atoms with Gasteiger partial charge in [0.1, 0.15) is 5.75 Å². The van der Waals surface area contributed by atoms with Gasteiger partial charge in [-0.2, -0.15) is 5.26 Å². The second kappa shape index (κ2) is 7.31. The number of hydrogen-bond acceptors (Lipinski definition) is 3. The molecule has 0 heterocycles. The lowest BCUT2D eigenvalue weighted by atomic mass is 10.1. The van der Waals surface area contributed by atoms with Crippen molar-refractivity contribution < 1.29 is 4.74 Å². The molecule has 0 radical (unpaired) electrons. The average Bonchev–Trinajstić information content (AvgIpc) is 2.36. The van der Waals surface area contributed by atoms with E-state index in [1.807, 2.05) is 18.2 Å². The van der Waals surface area contributed by atoms with Gasteiger partial charge in [-0.25, -0.2) is 0 Å². The largest absolute Gasteiger partial charge is 0.497 e. The van der Waals surface area contributed by atoms with Gasteiger partial charge in [0.2, 0.25) is 0 Å². The molecule has 0 amide bonds. The third-order valence-corrected chi connectivity index (χ3v) is 3.44. The van der Waals surface area contributed by atoms with Crippen LogP contribution >= 0.6 is 15.9 Å². The van der Waals surface area contributed by atoms with Crippen LogP contribution in [0, 0.1) is 11.3 Å². The first-order valence-corrected chi connectivity index (χ1v) is 6.43. The molecule has 0 saturated carbocycles. The first kappa shape index (κ1) is 14.0. The monoisotopic (exact) mass is 296 g/mol. The first-order valence-electron chi connectivity index (χ1n) is 5.64. The summed E-state index contributed by atoms with van der Waals surface area (Å²) in [6.07, 6.45) is 1.49. The number of rotatable bonds is 6. The summed E-state index contributed by atoms with van der Waals surface area (Å²) in [6.45, 7) is 2.81. The Morgan fingerprint density at radius 1 is 1.53 bits per heavy atom.